The van der Waals surface area contributed by atoms with Gasteiger partial charge in [0.1, 0.15) is 0 Å². The monoisotopic (exact) mass is 134 g/mol. The molecule has 2 atom stereocenters. The summed E-state index contributed by atoms with van der Waals surface area (Å²) >= 11 is 0. The van der Waals surface area contributed by atoms with Gasteiger partial charge in [-0.15, -0.1) is 0 Å². The van der Waals surface area contributed by atoms with Crippen LogP contribution >= 0.6 is 0 Å². The van der Waals surface area contributed by atoms with E-state index in [9.17, 15) is 4.21 Å². The summed E-state index contributed by atoms with van der Waals surface area (Å²) in [5, 5.41) is 0.253. The zero-order valence-corrected chi connectivity index (χ0v) is 5.74. The van der Waals surface area contributed by atoms with Crippen molar-refractivity contribution in [1.82, 2.24) is 0 Å². The Kier molecular flexibility index (Phi) is 2.02. The fourth-order valence-electron chi connectivity index (χ4n) is 0.667. The summed E-state index contributed by atoms with van der Waals surface area (Å²) in [7, 11) is -0.610. The summed E-state index contributed by atoms with van der Waals surface area (Å²) in [6.45, 7) is 3.30. The molecule has 2 nitrogen and oxygen atoms in total. The molecule has 1 aliphatic rings. The molecule has 0 saturated carbocycles. The van der Waals surface area contributed by atoms with Crippen molar-refractivity contribution in [2.24, 2.45) is 0 Å². The molecule has 1 aliphatic heterocycles. The molecule has 0 aromatic carbocycles. The topological polar surface area (TPSA) is 26.3 Å². The molecule has 1 rings (SSSR count). The molecule has 3 heteroatoms. The zero-order valence-electron chi connectivity index (χ0n) is 4.92. The lowest BCUT2D eigenvalue weighted by molar-refractivity contribution is 0.143. The summed E-state index contributed by atoms with van der Waals surface area (Å²) in [6.07, 6.45) is 0. The van der Waals surface area contributed by atoms with Crippen molar-refractivity contribution < 1.29 is 8.95 Å². The highest BCUT2D eigenvalue weighted by Gasteiger charge is 2.15. The first-order chi connectivity index (χ1) is 3.80. The Hall–Kier alpha value is 0.110. The van der Waals surface area contributed by atoms with Crippen LogP contribution in [0, 0.1) is 0 Å². The van der Waals surface area contributed by atoms with Gasteiger partial charge < -0.3 is 4.74 Å². The van der Waals surface area contributed by atoms with E-state index in [1.54, 1.807) is 0 Å². The van der Waals surface area contributed by atoms with Gasteiger partial charge in [0.15, 0.2) is 0 Å². The molecule has 1 saturated heterocycles. The Balaban J connectivity index is 2.39. The molecule has 0 amide bonds. The van der Waals surface area contributed by atoms with Crippen molar-refractivity contribution in [2.75, 3.05) is 19.0 Å². The Labute approximate surface area is 51.7 Å². The van der Waals surface area contributed by atoms with E-state index >= 15 is 0 Å². The van der Waals surface area contributed by atoms with Crippen LogP contribution in [0.3, 0.4) is 0 Å². The third-order valence-corrected chi connectivity index (χ3v) is 2.83. The SMILES string of the molecule is CC1COCCS1=O. The van der Waals surface area contributed by atoms with Crippen molar-refractivity contribution in [3.05, 3.63) is 0 Å². The molecule has 0 aromatic heterocycles. The summed E-state index contributed by atoms with van der Waals surface area (Å²) in [6, 6.07) is 0. The second-order valence-corrected chi connectivity index (χ2v) is 3.94. The molecule has 0 aliphatic carbocycles. The molecule has 48 valence electrons. The standard InChI is InChI=1S/C5H10O2S/c1-5-4-7-2-3-8(5)6/h5H,2-4H2,1H3. The van der Waals surface area contributed by atoms with Gasteiger partial charge in [-0.05, 0) is 6.92 Å². The molecule has 1 fully saturated rings. The number of hydrogen-bond acceptors (Lipinski definition) is 2. The molecule has 0 spiro atoms. The van der Waals surface area contributed by atoms with Gasteiger partial charge in [-0.3, -0.25) is 4.21 Å². The maximum atomic E-state index is 10.8. The zero-order chi connectivity index (χ0) is 5.98. The van der Waals surface area contributed by atoms with Crippen LogP contribution in [0.5, 0.6) is 0 Å². The van der Waals surface area contributed by atoms with Crippen LogP contribution in [0.2, 0.25) is 0 Å². The average molecular weight is 134 g/mol. The number of rotatable bonds is 0. The van der Waals surface area contributed by atoms with Crippen molar-refractivity contribution in [3.63, 3.8) is 0 Å². The van der Waals surface area contributed by atoms with E-state index in [1.165, 1.54) is 0 Å². The lowest BCUT2D eigenvalue weighted by Crippen LogP contribution is -2.28. The third kappa shape index (κ3) is 1.29. The smallest absolute Gasteiger partial charge is 0.0607 e. The minimum absolute atomic E-state index is 0.253. The van der Waals surface area contributed by atoms with Crippen LogP contribution in [0.15, 0.2) is 0 Å². The average Bonchev–Trinajstić information content (AvgIpc) is 1.77. The van der Waals surface area contributed by atoms with Gasteiger partial charge in [0.2, 0.25) is 0 Å². The lowest BCUT2D eigenvalue weighted by Gasteiger charge is -2.16. The van der Waals surface area contributed by atoms with Crippen molar-refractivity contribution >= 4 is 10.8 Å². The van der Waals surface area contributed by atoms with E-state index < -0.39 is 10.8 Å². The minimum atomic E-state index is -0.610. The summed E-state index contributed by atoms with van der Waals surface area (Å²) in [4.78, 5) is 0. The predicted molar refractivity (Wildman–Crippen MR) is 33.3 cm³/mol. The quantitative estimate of drug-likeness (QED) is 0.471. The van der Waals surface area contributed by atoms with Crippen LogP contribution in [0.1, 0.15) is 6.92 Å². The number of hydrogen-bond donors (Lipinski definition) is 0. The van der Waals surface area contributed by atoms with Crippen molar-refractivity contribution in [2.45, 2.75) is 12.2 Å². The molecule has 0 N–H and O–H groups in total. The fraction of sp³-hybridized carbons (Fsp3) is 1.00. The molecule has 0 bridgehead atoms. The van der Waals surface area contributed by atoms with Gasteiger partial charge in [0.05, 0.1) is 18.5 Å². The first kappa shape index (κ1) is 6.23. The van der Waals surface area contributed by atoms with E-state index in [4.69, 9.17) is 4.74 Å². The van der Waals surface area contributed by atoms with Crippen molar-refractivity contribution in [1.29, 1.82) is 0 Å². The molecular formula is C5H10O2S. The van der Waals surface area contributed by atoms with E-state index in [2.05, 4.69) is 0 Å². The van der Waals surface area contributed by atoms with Crippen LogP contribution in [-0.4, -0.2) is 28.4 Å². The first-order valence-electron chi connectivity index (χ1n) is 2.75. The summed E-state index contributed by atoms with van der Waals surface area (Å²) in [5.41, 5.74) is 0. The van der Waals surface area contributed by atoms with Crippen LogP contribution in [0.25, 0.3) is 0 Å². The first-order valence-corrected chi connectivity index (χ1v) is 4.14. The lowest BCUT2D eigenvalue weighted by atomic mass is 10.5. The molecule has 2 unspecified atom stereocenters. The Morgan fingerprint density at radius 1 is 1.75 bits per heavy atom. The van der Waals surface area contributed by atoms with Crippen LogP contribution < -0.4 is 0 Å². The van der Waals surface area contributed by atoms with E-state index in [1.807, 2.05) is 6.92 Å². The van der Waals surface area contributed by atoms with Gasteiger partial charge in [0.25, 0.3) is 0 Å². The predicted octanol–water partition coefficient (Wildman–Crippen LogP) is 0.154. The maximum absolute atomic E-state index is 10.8. The van der Waals surface area contributed by atoms with Gasteiger partial charge in [-0.2, -0.15) is 0 Å². The third-order valence-electron chi connectivity index (χ3n) is 1.23. The summed E-state index contributed by atoms with van der Waals surface area (Å²) in [5.74, 6) is 0.723. The van der Waals surface area contributed by atoms with Crippen LogP contribution in [-0.2, 0) is 15.5 Å². The van der Waals surface area contributed by atoms with Gasteiger partial charge >= 0.3 is 0 Å². The Morgan fingerprint density at radius 3 is 2.88 bits per heavy atom. The molecular weight excluding hydrogens is 124 g/mol. The summed E-state index contributed by atoms with van der Waals surface area (Å²) < 4.78 is 15.9. The second kappa shape index (κ2) is 2.60. The minimum Gasteiger partial charge on any atom is -0.379 e. The highest BCUT2D eigenvalue weighted by atomic mass is 32.2. The van der Waals surface area contributed by atoms with E-state index in [0.717, 1.165) is 5.75 Å². The molecule has 8 heavy (non-hydrogen) atoms. The van der Waals surface area contributed by atoms with Gasteiger partial charge in [-0.25, -0.2) is 0 Å². The van der Waals surface area contributed by atoms with Crippen LogP contribution in [0.4, 0.5) is 0 Å². The normalized spacial score (nSPS) is 39.6. The van der Waals surface area contributed by atoms with Crippen molar-refractivity contribution in [3.8, 4) is 0 Å². The highest BCUT2D eigenvalue weighted by Crippen LogP contribution is 2.02. The maximum Gasteiger partial charge on any atom is 0.0607 e. The highest BCUT2D eigenvalue weighted by molar-refractivity contribution is 7.85. The Bertz CT molecular complexity index is 103. The fourth-order valence-corrected chi connectivity index (χ4v) is 1.60. The molecule has 0 aromatic rings. The van der Waals surface area contributed by atoms with Gasteiger partial charge in [-0.1, -0.05) is 0 Å². The van der Waals surface area contributed by atoms with E-state index in [-0.39, 0.29) is 5.25 Å². The largest absolute Gasteiger partial charge is 0.379 e. The second-order valence-electron chi connectivity index (χ2n) is 1.97. The Morgan fingerprint density at radius 2 is 2.50 bits per heavy atom. The molecule has 1 heterocycles. The van der Waals surface area contributed by atoms with E-state index in [0.29, 0.717) is 13.2 Å². The van der Waals surface area contributed by atoms with Gasteiger partial charge in [0, 0.05) is 16.6 Å². The number of ether oxygens (including phenoxy) is 1. The molecule has 0 radical (unpaired) electrons.